The second kappa shape index (κ2) is 10.2. The fraction of sp³-hybridized carbons (Fsp3) is 0.0833. The number of hydrogen-bond acceptors (Lipinski definition) is 7. The van der Waals surface area contributed by atoms with Crippen LogP contribution in [0.15, 0.2) is 76.1 Å². The predicted molar refractivity (Wildman–Crippen MR) is 142 cm³/mol. The number of aromatic nitrogens is 4. The average Bonchev–Trinajstić information content (AvgIpc) is 3.57. The van der Waals surface area contributed by atoms with Gasteiger partial charge in [0.25, 0.3) is 0 Å². The van der Waals surface area contributed by atoms with Gasteiger partial charge in [0.05, 0.1) is 11.4 Å². The first kappa shape index (κ1) is 23.6. The van der Waals surface area contributed by atoms with E-state index in [2.05, 4.69) is 27.1 Å². The number of thiazole rings is 1. The van der Waals surface area contributed by atoms with Gasteiger partial charge in [-0.1, -0.05) is 53.2 Å². The molecule has 0 atom stereocenters. The normalized spacial score (nSPS) is 11.1. The third-order valence-electron chi connectivity index (χ3n) is 4.95. The largest absolute Gasteiger partial charge is 0.453 e. The first-order valence-electron chi connectivity index (χ1n) is 10.4. The molecule has 0 aliphatic heterocycles. The SMILES string of the molecule is C=CCn1c(SCC(=O)Nc2nc(-c3ccc(Cl)cc3)cs2)nnc1-c1cc2cc(Cl)ccc2o1. The Morgan fingerprint density at radius 3 is 2.74 bits per heavy atom. The minimum atomic E-state index is -0.194. The standard InChI is InChI=1S/C24H17Cl2N5O2S2/c1-2-9-31-22(20-11-15-10-17(26)7-8-19(15)33-20)29-30-24(31)35-13-21(32)28-23-27-18(12-34-23)14-3-5-16(25)6-4-14/h2-8,10-12H,1,9,13H2,(H,27,28,32). The molecule has 0 saturated heterocycles. The van der Waals surface area contributed by atoms with Crippen molar-refractivity contribution in [3.8, 4) is 22.8 Å². The van der Waals surface area contributed by atoms with Gasteiger partial charge in [-0.05, 0) is 36.4 Å². The van der Waals surface area contributed by atoms with Crippen LogP contribution in [0.5, 0.6) is 0 Å². The van der Waals surface area contributed by atoms with Gasteiger partial charge in [-0.25, -0.2) is 4.98 Å². The lowest BCUT2D eigenvalue weighted by molar-refractivity contribution is -0.113. The molecular weight excluding hydrogens is 525 g/mol. The van der Waals surface area contributed by atoms with Crippen molar-refractivity contribution >= 4 is 68.3 Å². The molecule has 3 heterocycles. The van der Waals surface area contributed by atoms with Crippen molar-refractivity contribution in [1.82, 2.24) is 19.7 Å². The number of anilines is 1. The van der Waals surface area contributed by atoms with Crippen molar-refractivity contribution in [3.05, 3.63) is 76.6 Å². The number of carbonyl (C=O) groups is 1. The van der Waals surface area contributed by atoms with Crippen LogP contribution in [0.4, 0.5) is 5.13 Å². The molecule has 1 N–H and O–H groups in total. The molecule has 7 nitrogen and oxygen atoms in total. The molecular formula is C24H17Cl2N5O2S2. The van der Waals surface area contributed by atoms with E-state index in [9.17, 15) is 4.79 Å². The number of nitrogens with zero attached hydrogens (tertiary/aromatic N) is 4. The zero-order chi connectivity index (χ0) is 24.4. The molecule has 1 amide bonds. The van der Waals surface area contributed by atoms with Crippen molar-refractivity contribution < 1.29 is 9.21 Å². The van der Waals surface area contributed by atoms with E-state index in [-0.39, 0.29) is 11.7 Å². The summed E-state index contributed by atoms with van der Waals surface area (Å²) in [5, 5.41) is 16.5. The number of halogens is 2. The van der Waals surface area contributed by atoms with Gasteiger partial charge in [-0.15, -0.1) is 28.1 Å². The monoisotopic (exact) mass is 541 g/mol. The number of amides is 1. The van der Waals surface area contributed by atoms with Crippen LogP contribution >= 0.6 is 46.3 Å². The summed E-state index contributed by atoms with van der Waals surface area (Å²) in [6.07, 6.45) is 1.74. The highest BCUT2D eigenvalue weighted by Crippen LogP contribution is 2.31. The van der Waals surface area contributed by atoms with Crippen molar-refractivity contribution in [2.24, 2.45) is 0 Å². The number of allylic oxidation sites excluding steroid dienone is 1. The molecule has 0 bridgehead atoms. The Hall–Kier alpha value is -3.11. The van der Waals surface area contributed by atoms with Gasteiger partial charge in [0.15, 0.2) is 16.0 Å². The van der Waals surface area contributed by atoms with E-state index in [1.165, 1.54) is 23.1 Å². The van der Waals surface area contributed by atoms with Crippen molar-refractivity contribution in [2.75, 3.05) is 11.1 Å². The van der Waals surface area contributed by atoms with Crippen LogP contribution in [0.3, 0.4) is 0 Å². The number of fused-ring (bicyclic) bond motifs is 1. The third-order valence-corrected chi connectivity index (χ3v) is 7.16. The first-order valence-corrected chi connectivity index (χ1v) is 13.0. The van der Waals surface area contributed by atoms with Crippen molar-refractivity contribution in [1.29, 1.82) is 0 Å². The zero-order valence-corrected chi connectivity index (χ0v) is 21.2. The Kier molecular flexibility index (Phi) is 6.92. The summed E-state index contributed by atoms with van der Waals surface area (Å²) in [5.74, 6) is 1.05. The quantitative estimate of drug-likeness (QED) is 0.167. The number of benzene rings is 2. The molecule has 176 valence electrons. The summed E-state index contributed by atoms with van der Waals surface area (Å²) >= 11 is 14.7. The van der Waals surface area contributed by atoms with Gasteiger partial charge in [-0.3, -0.25) is 9.36 Å². The van der Waals surface area contributed by atoms with Crippen LogP contribution in [0.25, 0.3) is 33.8 Å². The summed E-state index contributed by atoms with van der Waals surface area (Å²) in [7, 11) is 0. The summed E-state index contributed by atoms with van der Waals surface area (Å²) < 4.78 is 7.79. The zero-order valence-electron chi connectivity index (χ0n) is 18.1. The fourth-order valence-electron chi connectivity index (χ4n) is 3.37. The van der Waals surface area contributed by atoms with Crippen LogP contribution in [-0.4, -0.2) is 31.4 Å². The molecule has 35 heavy (non-hydrogen) atoms. The van der Waals surface area contributed by atoms with Gasteiger partial charge in [0.1, 0.15) is 5.58 Å². The maximum atomic E-state index is 12.6. The number of carbonyl (C=O) groups excluding carboxylic acids is 1. The number of hydrogen-bond donors (Lipinski definition) is 1. The van der Waals surface area contributed by atoms with Crippen molar-refractivity contribution in [2.45, 2.75) is 11.7 Å². The molecule has 0 saturated carbocycles. The number of furan rings is 1. The molecule has 0 spiro atoms. The first-order chi connectivity index (χ1) is 17.0. The highest BCUT2D eigenvalue weighted by molar-refractivity contribution is 7.99. The van der Waals surface area contributed by atoms with Crippen LogP contribution in [-0.2, 0) is 11.3 Å². The molecule has 0 aliphatic rings. The lowest BCUT2D eigenvalue weighted by Crippen LogP contribution is -2.14. The van der Waals surface area contributed by atoms with E-state index >= 15 is 0 Å². The third kappa shape index (κ3) is 5.28. The molecule has 0 unspecified atom stereocenters. The topological polar surface area (TPSA) is 85.8 Å². The Morgan fingerprint density at radius 2 is 1.94 bits per heavy atom. The maximum absolute atomic E-state index is 12.6. The maximum Gasteiger partial charge on any atom is 0.236 e. The van der Waals surface area contributed by atoms with E-state index < -0.39 is 0 Å². The smallest absolute Gasteiger partial charge is 0.236 e. The van der Waals surface area contributed by atoms with Gasteiger partial charge >= 0.3 is 0 Å². The Balaban J connectivity index is 1.28. The molecule has 5 aromatic rings. The molecule has 3 aromatic heterocycles. The summed E-state index contributed by atoms with van der Waals surface area (Å²) in [4.78, 5) is 17.1. The van der Waals surface area contributed by atoms with E-state index in [0.717, 1.165) is 16.6 Å². The highest BCUT2D eigenvalue weighted by atomic mass is 35.5. The second-order valence-electron chi connectivity index (χ2n) is 7.38. The van der Waals surface area contributed by atoms with Crippen LogP contribution < -0.4 is 5.32 Å². The molecule has 11 heteroatoms. The van der Waals surface area contributed by atoms with Crippen molar-refractivity contribution in [3.63, 3.8) is 0 Å². The second-order valence-corrected chi connectivity index (χ2v) is 10.1. The number of nitrogens with one attached hydrogen (secondary N) is 1. The van der Waals surface area contributed by atoms with E-state index in [0.29, 0.717) is 44.0 Å². The van der Waals surface area contributed by atoms with Gasteiger partial charge in [0, 0.05) is 32.9 Å². The summed E-state index contributed by atoms with van der Waals surface area (Å²) in [5.41, 5.74) is 2.41. The molecule has 2 aromatic carbocycles. The highest BCUT2D eigenvalue weighted by Gasteiger charge is 2.19. The molecule has 5 rings (SSSR count). The van der Waals surface area contributed by atoms with E-state index in [1.54, 1.807) is 24.3 Å². The molecule has 0 aliphatic carbocycles. The van der Waals surface area contributed by atoms with Gasteiger partial charge in [0.2, 0.25) is 11.7 Å². The molecule has 0 fully saturated rings. The summed E-state index contributed by atoms with van der Waals surface area (Å²) in [6.45, 7) is 4.28. The fourth-order valence-corrected chi connectivity index (χ4v) is 5.16. The van der Waals surface area contributed by atoms with Crippen LogP contribution in [0.1, 0.15) is 0 Å². The van der Waals surface area contributed by atoms with E-state index in [1.807, 2.05) is 40.3 Å². The number of rotatable bonds is 8. The number of thioether (sulfide) groups is 1. The Labute approximate surface area is 218 Å². The minimum Gasteiger partial charge on any atom is -0.453 e. The Bertz CT molecular complexity index is 1520. The van der Waals surface area contributed by atoms with Gasteiger partial charge in [-0.2, -0.15) is 0 Å². The molecule has 0 radical (unpaired) electrons. The van der Waals surface area contributed by atoms with Gasteiger partial charge < -0.3 is 9.73 Å². The Morgan fingerprint density at radius 1 is 1.14 bits per heavy atom. The van der Waals surface area contributed by atoms with Crippen LogP contribution in [0.2, 0.25) is 10.0 Å². The summed E-state index contributed by atoms with van der Waals surface area (Å²) in [6, 6.07) is 14.7. The lowest BCUT2D eigenvalue weighted by Gasteiger charge is -2.06. The average molecular weight is 542 g/mol. The lowest BCUT2D eigenvalue weighted by atomic mass is 10.2. The predicted octanol–water partition coefficient (Wildman–Crippen LogP) is 7.04. The van der Waals surface area contributed by atoms with E-state index in [4.69, 9.17) is 27.6 Å². The van der Waals surface area contributed by atoms with Crippen LogP contribution in [0, 0.1) is 0 Å². The minimum absolute atomic E-state index is 0.140.